The zero-order chi connectivity index (χ0) is 13.9. The molecule has 0 fully saturated rings. The van der Waals surface area contributed by atoms with Crippen LogP contribution < -0.4 is 10.0 Å². The Morgan fingerprint density at radius 2 is 1.63 bits per heavy atom. The topological polar surface area (TPSA) is 38.4 Å². The number of anilines is 2. The molecule has 5 nitrogen and oxygen atoms in total. The van der Waals surface area contributed by atoms with Crippen LogP contribution in [-0.4, -0.2) is 35.2 Å². The van der Waals surface area contributed by atoms with Gasteiger partial charge in [-0.05, 0) is 27.7 Å². The Morgan fingerprint density at radius 3 is 2.21 bits per heavy atom. The number of fused-ring (bicyclic) bond motifs is 2. The first-order valence-corrected chi connectivity index (χ1v) is 6.68. The molecule has 1 aromatic carbocycles. The summed E-state index contributed by atoms with van der Waals surface area (Å²) in [6.07, 6.45) is 1.78. The maximum absolute atomic E-state index is 4.47. The first kappa shape index (κ1) is 12.3. The summed E-state index contributed by atoms with van der Waals surface area (Å²) in [7, 11) is 4.24. The Kier molecular flexibility index (Phi) is 2.50. The molecule has 1 aliphatic rings. The smallest absolute Gasteiger partial charge is 0.0937 e. The number of nitrogens with one attached hydrogen (secondary N) is 1. The predicted molar refractivity (Wildman–Crippen MR) is 79.3 cm³/mol. The number of hydrazine groups is 2. The number of rotatable bonds is 1. The minimum atomic E-state index is 0.410. The van der Waals surface area contributed by atoms with Crippen LogP contribution in [0.2, 0.25) is 0 Å². The second-order valence-electron chi connectivity index (χ2n) is 5.53. The maximum atomic E-state index is 4.47. The lowest BCUT2D eigenvalue weighted by Crippen LogP contribution is -2.49. The second-order valence-corrected chi connectivity index (χ2v) is 5.53. The molecule has 0 amide bonds. The van der Waals surface area contributed by atoms with Gasteiger partial charge in [-0.1, -0.05) is 0 Å². The molecule has 5 heteroatoms. The third-order valence-electron chi connectivity index (χ3n) is 4.03. The molecule has 102 valence electrons. The number of hydrogen-bond donors (Lipinski definition) is 1. The summed E-state index contributed by atoms with van der Waals surface area (Å²) in [5.74, 6) is 0. The van der Waals surface area contributed by atoms with Gasteiger partial charge in [0.15, 0.2) is 0 Å². The number of benzene rings is 1. The molecular weight excluding hydrogens is 238 g/mol. The highest BCUT2D eigenvalue weighted by Gasteiger charge is 2.35. The first-order chi connectivity index (χ1) is 8.95. The van der Waals surface area contributed by atoms with Crippen LogP contribution >= 0.6 is 0 Å². The molecule has 0 unspecified atom stereocenters. The molecule has 0 bridgehead atoms. The van der Waals surface area contributed by atoms with Crippen molar-refractivity contribution in [3.05, 3.63) is 17.5 Å². The summed E-state index contributed by atoms with van der Waals surface area (Å²) in [4.78, 5) is 7.73. The van der Waals surface area contributed by atoms with Gasteiger partial charge in [0.25, 0.3) is 0 Å². The van der Waals surface area contributed by atoms with Crippen molar-refractivity contribution in [1.82, 2.24) is 15.1 Å². The van der Waals surface area contributed by atoms with Gasteiger partial charge in [-0.2, -0.15) is 0 Å². The third-order valence-corrected chi connectivity index (χ3v) is 4.03. The highest BCUT2D eigenvalue weighted by Crippen LogP contribution is 2.45. The molecule has 0 saturated carbocycles. The third kappa shape index (κ3) is 1.42. The van der Waals surface area contributed by atoms with Crippen LogP contribution in [0.5, 0.6) is 0 Å². The minimum absolute atomic E-state index is 0.410. The van der Waals surface area contributed by atoms with Gasteiger partial charge >= 0.3 is 0 Å². The standard InChI is InChI=1S/C14H21N5/c1-8(2)19-17(5)13-9(3)11-12(16-7-15-11)10(4)14(13)18(19)6/h7-8H,1-6H3,(H,15,16). The molecular formula is C14H21N5. The van der Waals surface area contributed by atoms with E-state index < -0.39 is 0 Å². The number of aromatic amines is 1. The van der Waals surface area contributed by atoms with Crippen molar-refractivity contribution in [1.29, 1.82) is 0 Å². The molecule has 1 aromatic heterocycles. The van der Waals surface area contributed by atoms with Gasteiger partial charge < -0.3 is 4.98 Å². The Morgan fingerprint density at radius 1 is 1.05 bits per heavy atom. The molecule has 0 saturated heterocycles. The van der Waals surface area contributed by atoms with Crippen molar-refractivity contribution < 1.29 is 0 Å². The zero-order valence-corrected chi connectivity index (χ0v) is 12.4. The lowest BCUT2D eigenvalue weighted by Gasteiger charge is -2.34. The van der Waals surface area contributed by atoms with E-state index in [9.17, 15) is 0 Å². The average molecular weight is 259 g/mol. The molecule has 3 rings (SSSR count). The maximum Gasteiger partial charge on any atom is 0.0937 e. The van der Waals surface area contributed by atoms with Gasteiger partial charge in [-0.25, -0.2) is 4.98 Å². The van der Waals surface area contributed by atoms with Crippen LogP contribution in [0.4, 0.5) is 11.4 Å². The molecule has 2 aromatic rings. The highest BCUT2D eigenvalue weighted by molar-refractivity contribution is 5.97. The summed E-state index contributed by atoms with van der Waals surface area (Å²) >= 11 is 0. The number of H-pyrrole nitrogens is 1. The highest BCUT2D eigenvalue weighted by atomic mass is 15.9. The van der Waals surface area contributed by atoms with Crippen molar-refractivity contribution in [3.8, 4) is 0 Å². The van der Waals surface area contributed by atoms with E-state index in [0.717, 1.165) is 11.0 Å². The van der Waals surface area contributed by atoms with Gasteiger partial charge in [0, 0.05) is 31.3 Å². The van der Waals surface area contributed by atoms with E-state index in [1.165, 1.54) is 22.5 Å². The molecule has 0 spiro atoms. The molecule has 19 heavy (non-hydrogen) atoms. The Hall–Kier alpha value is -1.75. The van der Waals surface area contributed by atoms with Gasteiger partial charge in [-0.15, -0.1) is 5.12 Å². The van der Waals surface area contributed by atoms with E-state index in [4.69, 9.17) is 0 Å². The molecule has 0 atom stereocenters. The van der Waals surface area contributed by atoms with E-state index in [-0.39, 0.29) is 0 Å². The normalized spacial score (nSPS) is 15.9. The molecule has 2 heterocycles. The second kappa shape index (κ2) is 3.87. The predicted octanol–water partition coefficient (Wildman–Crippen LogP) is 2.61. The fourth-order valence-electron chi connectivity index (χ4n) is 3.34. The number of nitrogens with zero attached hydrogens (tertiary/aromatic N) is 4. The van der Waals surface area contributed by atoms with Crippen LogP contribution in [0.25, 0.3) is 11.0 Å². The molecule has 0 aliphatic carbocycles. The lowest BCUT2D eigenvalue weighted by atomic mass is 10.0. The van der Waals surface area contributed by atoms with Crippen molar-refractivity contribution >= 4 is 22.4 Å². The lowest BCUT2D eigenvalue weighted by molar-refractivity contribution is 0.219. The quantitative estimate of drug-likeness (QED) is 0.854. The number of aromatic nitrogens is 2. The van der Waals surface area contributed by atoms with Crippen LogP contribution in [0.3, 0.4) is 0 Å². The number of hydrogen-bond acceptors (Lipinski definition) is 4. The first-order valence-electron chi connectivity index (χ1n) is 6.68. The number of imidazole rings is 1. The SMILES string of the molecule is Cc1c2c(c(C)c3[nH]cnc13)N(C)N(C(C)C)N2C. The van der Waals surface area contributed by atoms with E-state index >= 15 is 0 Å². The van der Waals surface area contributed by atoms with E-state index in [1.807, 2.05) is 0 Å². The Bertz CT molecular complexity index is 593. The minimum Gasteiger partial charge on any atom is -0.344 e. The fraction of sp³-hybridized carbons (Fsp3) is 0.500. The molecule has 0 radical (unpaired) electrons. The van der Waals surface area contributed by atoms with Gasteiger partial charge in [0.1, 0.15) is 0 Å². The van der Waals surface area contributed by atoms with Crippen LogP contribution in [0.1, 0.15) is 25.0 Å². The summed E-state index contributed by atoms with van der Waals surface area (Å²) in [5, 5.41) is 6.74. The van der Waals surface area contributed by atoms with Crippen molar-refractivity contribution in [2.45, 2.75) is 33.7 Å². The summed E-state index contributed by atoms with van der Waals surface area (Å²) < 4.78 is 0. The summed E-state index contributed by atoms with van der Waals surface area (Å²) in [5.41, 5.74) is 7.22. The van der Waals surface area contributed by atoms with Gasteiger partial charge in [-0.3, -0.25) is 10.0 Å². The summed E-state index contributed by atoms with van der Waals surface area (Å²) in [6, 6.07) is 0.410. The van der Waals surface area contributed by atoms with E-state index in [1.54, 1.807) is 6.33 Å². The zero-order valence-electron chi connectivity index (χ0n) is 12.4. The van der Waals surface area contributed by atoms with E-state index in [0.29, 0.717) is 6.04 Å². The van der Waals surface area contributed by atoms with Crippen molar-refractivity contribution in [3.63, 3.8) is 0 Å². The van der Waals surface area contributed by atoms with Gasteiger partial charge in [0.2, 0.25) is 0 Å². The van der Waals surface area contributed by atoms with Crippen LogP contribution in [0, 0.1) is 13.8 Å². The Balaban J connectivity index is 2.34. The average Bonchev–Trinajstić information content (AvgIpc) is 2.90. The van der Waals surface area contributed by atoms with Crippen LogP contribution in [0.15, 0.2) is 6.33 Å². The van der Waals surface area contributed by atoms with Gasteiger partial charge in [0.05, 0.1) is 28.7 Å². The van der Waals surface area contributed by atoms with Crippen molar-refractivity contribution in [2.24, 2.45) is 0 Å². The largest absolute Gasteiger partial charge is 0.344 e. The Labute approximate surface area is 113 Å². The monoisotopic (exact) mass is 259 g/mol. The molecule has 1 aliphatic heterocycles. The molecule has 1 N–H and O–H groups in total. The van der Waals surface area contributed by atoms with Crippen molar-refractivity contribution in [2.75, 3.05) is 24.1 Å². The number of aryl methyl sites for hydroxylation is 2. The summed E-state index contributed by atoms with van der Waals surface area (Å²) in [6.45, 7) is 8.71. The van der Waals surface area contributed by atoms with Crippen LogP contribution in [-0.2, 0) is 0 Å². The fourth-order valence-corrected chi connectivity index (χ4v) is 3.34. The van der Waals surface area contributed by atoms with E-state index in [2.05, 4.69) is 66.9 Å².